The second kappa shape index (κ2) is 5.62. The number of aryl methyl sites for hydroxylation is 2. The molecule has 0 radical (unpaired) electrons. The summed E-state index contributed by atoms with van der Waals surface area (Å²) in [5.74, 6) is -0.248. The zero-order valence-electron chi connectivity index (χ0n) is 9.73. The number of aliphatic hydroxyl groups excluding tert-OH is 1. The molecule has 0 saturated carbocycles. The van der Waals surface area contributed by atoms with Crippen LogP contribution in [0, 0.1) is 6.92 Å². The maximum absolute atomic E-state index is 11.8. The summed E-state index contributed by atoms with van der Waals surface area (Å²) in [6.07, 6.45) is 1.64. The Hall–Kier alpha value is -1.40. The minimum atomic E-state index is -0.392. The van der Waals surface area contributed by atoms with E-state index in [-0.39, 0.29) is 19.1 Å². The smallest absolute Gasteiger partial charge is 0.255 e. The number of hydrogen-bond donors (Lipinski definition) is 2. The first-order chi connectivity index (χ1) is 7.58. The Bertz CT molecular complexity index is 362. The van der Waals surface area contributed by atoms with Crippen LogP contribution >= 0.6 is 0 Å². The lowest BCUT2D eigenvalue weighted by Gasteiger charge is -2.14. The van der Waals surface area contributed by atoms with Crippen molar-refractivity contribution in [3.63, 3.8) is 0 Å². The summed E-state index contributed by atoms with van der Waals surface area (Å²) in [5, 5.41) is 15.8. The molecule has 6 heteroatoms. The first kappa shape index (κ1) is 12.7. The number of aromatic nitrogens is 2. The van der Waals surface area contributed by atoms with E-state index in [9.17, 15) is 4.79 Å². The number of nitrogens with zero attached hydrogens (tertiary/aromatic N) is 2. The van der Waals surface area contributed by atoms with Crippen molar-refractivity contribution in [3.8, 4) is 0 Å². The van der Waals surface area contributed by atoms with Gasteiger partial charge in [0.1, 0.15) is 0 Å². The van der Waals surface area contributed by atoms with Gasteiger partial charge >= 0.3 is 0 Å². The Morgan fingerprint density at radius 1 is 1.75 bits per heavy atom. The molecule has 0 bridgehead atoms. The molecule has 1 aromatic rings. The number of rotatable bonds is 5. The fourth-order valence-electron chi connectivity index (χ4n) is 1.43. The summed E-state index contributed by atoms with van der Waals surface area (Å²) in [4.78, 5) is 11.8. The molecule has 0 aromatic carbocycles. The van der Waals surface area contributed by atoms with Crippen molar-refractivity contribution in [1.82, 2.24) is 15.1 Å². The van der Waals surface area contributed by atoms with Gasteiger partial charge in [-0.3, -0.25) is 9.48 Å². The monoisotopic (exact) mass is 227 g/mol. The Kier molecular flexibility index (Phi) is 4.45. The number of hydrogen-bond acceptors (Lipinski definition) is 4. The van der Waals surface area contributed by atoms with Gasteiger partial charge in [-0.2, -0.15) is 5.10 Å². The van der Waals surface area contributed by atoms with Crippen molar-refractivity contribution in [3.05, 3.63) is 17.5 Å². The van der Waals surface area contributed by atoms with Gasteiger partial charge in [0.2, 0.25) is 0 Å². The Labute approximate surface area is 94.2 Å². The van der Waals surface area contributed by atoms with Gasteiger partial charge in [0.25, 0.3) is 5.91 Å². The summed E-state index contributed by atoms with van der Waals surface area (Å²) in [6.45, 7) is 1.89. The molecule has 6 nitrogen and oxygen atoms in total. The van der Waals surface area contributed by atoms with E-state index in [1.165, 1.54) is 7.11 Å². The summed E-state index contributed by atoms with van der Waals surface area (Å²) < 4.78 is 6.45. The number of carbonyl (C=O) groups is 1. The second-order valence-electron chi connectivity index (χ2n) is 3.61. The molecule has 1 aromatic heterocycles. The highest BCUT2D eigenvalue weighted by Gasteiger charge is 2.16. The number of carbonyl (C=O) groups excluding carboxylic acids is 1. The molecule has 1 amide bonds. The highest BCUT2D eigenvalue weighted by atomic mass is 16.5. The van der Waals surface area contributed by atoms with Gasteiger partial charge in [0.05, 0.1) is 30.5 Å². The van der Waals surface area contributed by atoms with Crippen LogP contribution in [0.1, 0.15) is 16.1 Å². The lowest BCUT2D eigenvalue weighted by Crippen LogP contribution is -2.40. The van der Waals surface area contributed by atoms with E-state index in [4.69, 9.17) is 9.84 Å². The molecule has 0 saturated heterocycles. The van der Waals surface area contributed by atoms with E-state index in [0.717, 1.165) is 0 Å². The summed E-state index contributed by atoms with van der Waals surface area (Å²) >= 11 is 0. The van der Waals surface area contributed by atoms with E-state index in [1.807, 2.05) is 0 Å². The van der Waals surface area contributed by atoms with E-state index in [2.05, 4.69) is 10.4 Å². The molecule has 1 atom stereocenters. The van der Waals surface area contributed by atoms with Crippen LogP contribution < -0.4 is 5.32 Å². The first-order valence-electron chi connectivity index (χ1n) is 4.99. The Morgan fingerprint density at radius 3 is 2.88 bits per heavy atom. The van der Waals surface area contributed by atoms with Gasteiger partial charge in [-0.05, 0) is 6.92 Å². The summed E-state index contributed by atoms with van der Waals surface area (Å²) in [7, 11) is 3.27. The lowest BCUT2D eigenvalue weighted by atomic mass is 10.2. The largest absolute Gasteiger partial charge is 0.394 e. The van der Waals surface area contributed by atoms with Crippen molar-refractivity contribution in [2.45, 2.75) is 13.0 Å². The molecular formula is C10H17N3O3. The van der Waals surface area contributed by atoms with Crippen LogP contribution in [-0.2, 0) is 11.8 Å². The predicted molar refractivity (Wildman–Crippen MR) is 58.2 cm³/mol. The average molecular weight is 227 g/mol. The fourth-order valence-corrected chi connectivity index (χ4v) is 1.43. The molecule has 16 heavy (non-hydrogen) atoms. The molecule has 0 aliphatic carbocycles. The van der Waals surface area contributed by atoms with Crippen LogP contribution in [0.15, 0.2) is 6.20 Å². The van der Waals surface area contributed by atoms with Crippen molar-refractivity contribution in [2.75, 3.05) is 20.3 Å². The van der Waals surface area contributed by atoms with E-state index in [0.29, 0.717) is 11.3 Å². The van der Waals surface area contributed by atoms with Gasteiger partial charge in [0, 0.05) is 20.4 Å². The van der Waals surface area contributed by atoms with Gasteiger partial charge in [-0.25, -0.2) is 0 Å². The standard InChI is InChI=1S/C10H17N3O3/c1-7-9(4-13(2)12-7)10(15)11-8(5-14)6-16-3/h4,8,14H,5-6H2,1-3H3,(H,11,15). The maximum Gasteiger partial charge on any atom is 0.255 e. The number of ether oxygens (including phenoxy) is 1. The Morgan fingerprint density at radius 2 is 2.44 bits per heavy atom. The summed E-state index contributed by atoms with van der Waals surface area (Å²) in [6, 6.07) is -0.392. The highest BCUT2D eigenvalue weighted by Crippen LogP contribution is 2.04. The molecule has 0 spiro atoms. The van der Waals surface area contributed by atoms with Crippen molar-refractivity contribution < 1.29 is 14.6 Å². The molecule has 90 valence electrons. The van der Waals surface area contributed by atoms with Crippen LogP contribution in [0.2, 0.25) is 0 Å². The molecule has 0 fully saturated rings. The topological polar surface area (TPSA) is 76.4 Å². The van der Waals surface area contributed by atoms with Crippen LogP contribution in [0.4, 0.5) is 0 Å². The van der Waals surface area contributed by atoms with Crippen LogP contribution in [0.5, 0.6) is 0 Å². The van der Waals surface area contributed by atoms with Gasteiger partial charge in [-0.15, -0.1) is 0 Å². The number of amides is 1. The van der Waals surface area contributed by atoms with Crippen molar-refractivity contribution in [1.29, 1.82) is 0 Å². The highest BCUT2D eigenvalue weighted by molar-refractivity contribution is 5.95. The fraction of sp³-hybridized carbons (Fsp3) is 0.600. The van der Waals surface area contributed by atoms with Gasteiger partial charge in [0.15, 0.2) is 0 Å². The second-order valence-corrected chi connectivity index (χ2v) is 3.61. The predicted octanol–water partition coefficient (Wildman–Crippen LogP) is -0.534. The normalized spacial score (nSPS) is 12.5. The lowest BCUT2D eigenvalue weighted by molar-refractivity contribution is 0.0839. The third kappa shape index (κ3) is 3.04. The van der Waals surface area contributed by atoms with E-state index >= 15 is 0 Å². The Balaban J connectivity index is 2.67. The molecule has 1 heterocycles. The number of nitrogens with one attached hydrogen (secondary N) is 1. The summed E-state index contributed by atoms with van der Waals surface area (Å²) in [5.41, 5.74) is 1.17. The molecule has 0 aliphatic rings. The quantitative estimate of drug-likeness (QED) is 0.708. The van der Waals surface area contributed by atoms with Gasteiger partial charge in [-0.1, -0.05) is 0 Å². The minimum absolute atomic E-state index is 0.154. The molecule has 1 rings (SSSR count). The first-order valence-corrected chi connectivity index (χ1v) is 4.99. The zero-order valence-corrected chi connectivity index (χ0v) is 9.73. The third-order valence-corrected chi connectivity index (χ3v) is 2.18. The SMILES string of the molecule is COCC(CO)NC(=O)c1cn(C)nc1C. The number of aliphatic hydroxyl groups is 1. The number of methoxy groups -OCH3 is 1. The van der Waals surface area contributed by atoms with Crippen molar-refractivity contribution in [2.24, 2.45) is 7.05 Å². The molecular weight excluding hydrogens is 210 g/mol. The van der Waals surface area contributed by atoms with Crippen LogP contribution in [0.3, 0.4) is 0 Å². The minimum Gasteiger partial charge on any atom is -0.394 e. The van der Waals surface area contributed by atoms with E-state index < -0.39 is 6.04 Å². The third-order valence-electron chi connectivity index (χ3n) is 2.18. The molecule has 0 aliphatic heterocycles. The van der Waals surface area contributed by atoms with Crippen molar-refractivity contribution >= 4 is 5.91 Å². The maximum atomic E-state index is 11.8. The van der Waals surface area contributed by atoms with Crippen LogP contribution in [-0.4, -0.2) is 47.2 Å². The van der Waals surface area contributed by atoms with E-state index in [1.54, 1.807) is 24.9 Å². The van der Waals surface area contributed by atoms with Gasteiger partial charge < -0.3 is 15.2 Å². The molecule has 2 N–H and O–H groups in total. The molecule has 1 unspecified atom stereocenters. The average Bonchev–Trinajstić information content (AvgIpc) is 2.57. The van der Waals surface area contributed by atoms with Crippen LogP contribution in [0.25, 0.3) is 0 Å². The zero-order chi connectivity index (χ0) is 12.1.